The van der Waals surface area contributed by atoms with Gasteiger partial charge in [-0.05, 0) is 35.7 Å². The highest BCUT2D eigenvalue weighted by atomic mass is 19.1. The van der Waals surface area contributed by atoms with Crippen LogP contribution in [0.15, 0.2) is 48.8 Å². The Morgan fingerprint density at radius 2 is 2.04 bits per heavy atom. The van der Waals surface area contributed by atoms with Crippen molar-refractivity contribution in [2.45, 2.75) is 25.0 Å². The molecule has 0 radical (unpaired) electrons. The van der Waals surface area contributed by atoms with Gasteiger partial charge in [0.25, 0.3) is 0 Å². The fraction of sp³-hybridized carbons (Fsp3) is 0.429. The molecule has 1 atom stereocenters. The van der Waals surface area contributed by atoms with Crippen LogP contribution in [0.1, 0.15) is 17.5 Å². The number of hydrogen-bond acceptors (Lipinski definition) is 4. The summed E-state index contributed by atoms with van der Waals surface area (Å²) in [7, 11) is 0. The SMILES string of the molecule is O=C(Cc1ccccc1F)N1CC2(C1)OCCC2COCc1ccncc1. The summed E-state index contributed by atoms with van der Waals surface area (Å²) < 4.78 is 25.6. The van der Waals surface area contributed by atoms with Crippen LogP contribution < -0.4 is 0 Å². The Balaban J connectivity index is 1.28. The van der Waals surface area contributed by atoms with Crippen LogP contribution in [0.3, 0.4) is 0 Å². The van der Waals surface area contributed by atoms with E-state index >= 15 is 0 Å². The zero-order valence-electron chi connectivity index (χ0n) is 15.1. The van der Waals surface area contributed by atoms with Gasteiger partial charge in [0.2, 0.25) is 5.91 Å². The summed E-state index contributed by atoms with van der Waals surface area (Å²) in [6, 6.07) is 10.3. The largest absolute Gasteiger partial charge is 0.376 e. The number of amides is 1. The number of aromatic nitrogens is 1. The predicted octanol–water partition coefficient (Wildman–Crippen LogP) is 2.60. The minimum absolute atomic E-state index is 0.0577. The second-order valence-corrected chi connectivity index (χ2v) is 7.29. The van der Waals surface area contributed by atoms with Gasteiger partial charge in [-0.1, -0.05) is 18.2 Å². The molecular weight excluding hydrogens is 347 g/mol. The summed E-state index contributed by atoms with van der Waals surface area (Å²) in [5, 5.41) is 0. The van der Waals surface area contributed by atoms with Crippen molar-refractivity contribution in [3.63, 3.8) is 0 Å². The standard InChI is InChI=1S/C21H23FN2O3/c22-19-4-2-1-3-17(19)11-20(25)24-14-21(15-24)18(7-10-27-21)13-26-12-16-5-8-23-9-6-16/h1-6,8-9,18H,7,10-15H2. The number of halogens is 1. The van der Waals surface area contributed by atoms with E-state index in [2.05, 4.69) is 4.98 Å². The van der Waals surface area contributed by atoms with Crippen LogP contribution in [-0.4, -0.2) is 47.7 Å². The van der Waals surface area contributed by atoms with Crippen LogP contribution in [0, 0.1) is 11.7 Å². The first-order valence-electron chi connectivity index (χ1n) is 9.28. The molecule has 2 fully saturated rings. The second-order valence-electron chi connectivity index (χ2n) is 7.29. The van der Waals surface area contributed by atoms with Gasteiger partial charge in [-0.15, -0.1) is 0 Å². The molecule has 4 rings (SSSR count). The van der Waals surface area contributed by atoms with Gasteiger partial charge in [0.1, 0.15) is 11.4 Å². The molecule has 27 heavy (non-hydrogen) atoms. The first kappa shape index (κ1) is 18.1. The monoisotopic (exact) mass is 370 g/mol. The molecule has 3 heterocycles. The lowest BCUT2D eigenvalue weighted by Crippen LogP contribution is -2.66. The summed E-state index contributed by atoms with van der Waals surface area (Å²) >= 11 is 0. The van der Waals surface area contributed by atoms with Gasteiger partial charge in [-0.2, -0.15) is 0 Å². The van der Waals surface area contributed by atoms with Crippen molar-refractivity contribution in [1.82, 2.24) is 9.88 Å². The molecule has 1 aromatic heterocycles. The molecule has 2 saturated heterocycles. The van der Waals surface area contributed by atoms with Gasteiger partial charge in [-0.3, -0.25) is 9.78 Å². The molecule has 1 spiro atoms. The summed E-state index contributed by atoms with van der Waals surface area (Å²) in [6.07, 6.45) is 4.53. The van der Waals surface area contributed by atoms with Gasteiger partial charge in [0.15, 0.2) is 0 Å². The molecule has 1 amide bonds. The maximum atomic E-state index is 13.8. The molecule has 2 aliphatic heterocycles. The van der Waals surface area contributed by atoms with E-state index in [-0.39, 0.29) is 29.7 Å². The summed E-state index contributed by atoms with van der Waals surface area (Å²) in [6.45, 7) is 2.97. The van der Waals surface area contributed by atoms with Crippen molar-refractivity contribution in [3.05, 3.63) is 65.7 Å². The van der Waals surface area contributed by atoms with Gasteiger partial charge in [0.05, 0.1) is 32.7 Å². The van der Waals surface area contributed by atoms with Crippen LogP contribution >= 0.6 is 0 Å². The Labute approximate surface area is 158 Å². The van der Waals surface area contributed by atoms with Crippen molar-refractivity contribution < 1.29 is 18.7 Å². The average molecular weight is 370 g/mol. The highest BCUT2D eigenvalue weighted by Crippen LogP contribution is 2.40. The fourth-order valence-electron chi connectivity index (χ4n) is 3.86. The van der Waals surface area contributed by atoms with Crippen molar-refractivity contribution in [2.75, 3.05) is 26.3 Å². The van der Waals surface area contributed by atoms with E-state index in [1.54, 1.807) is 35.5 Å². The van der Waals surface area contributed by atoms with Gasteiger partial charge >= 0.3 is 0 Å². The number of benzene rings is 1. The van der Waals surface area contributed by atoms with Crippen molar-refractivity contribution in [2.24, 2.45) is 5.92 Å². The minimum atomic E-state index is -0.333. The number of carbonyl (C=O) groups is 1. The van der Waals surface area contributed by atoms with Gasteiger partial charge in [0, 0.05) is 24.9 Å². The number of ether oxygens (including phenoxy) is 2. The molecule has 1 unspecified atom stereocenters. The zero-order valence-corrected chi connectivity index (χ0v) is 15.1. The minimum Gasteiger partial charge on any atom is -0.376 e. The van der Waals surface area contributed by atoms with Crippen LogP contribution in [-0.2, 0) is 27.3 Å². The third kappa shape index (κ3) is 3.87. The third-order valence-corrected chi connectivity index (χ3v) is 5.51. The molecule has 6 heteroatoms. The smallest absolute Gasteiger partial charge is 0.227 e. The Morgan fingerprint density at radius 1 is 1.26 bits per heavy atom. The summed E-state index contributed by atoms with van der Waals surface area (Å²) in [5.41, 5.74) is 1.23. The molecule has 2 aliphatic rings. The normalized spacial score (nSPS) is 20.6. The van der Waals surface area contributed by atoms with E-state index in [1.165, 1.54) is 6.07 Å². The molecule has 5 nitrogen and oxygen atoms in total. The van der Waals surface area contributed by atoms with E-state index in [0.29, 0.717) is 38.5 Å². The number of likely N-dealkylation sites (tertiary alicyclic amines) is 1. The van der Waals surface area contributed by atoms with Gasteiger partial charge < -0.3 is 14.4 Å². The lowest BCUT2D eigenvalue weighted by molar-refractivity contribution is -0.168. The topological polar surface area (TPSA) is 51.7 Å². The maximum absolute atomic E-state index is 13.8. The number of rotatable bonds is 6. The van der Waals surface area contributed by atoms with Gasteiger partial charge in [-0.25, -0.2) is 4.39 Å². The molecule has 0 aliphatic carbocycles. The maximum Gasteiger partial charge on any atom is 0.227 e. The zero-order chi connectivity index (χ0) is 18.7. The van der Waals surface area contributed by atoms with E-state index in [1.807, 2.05) is 12.1 Å². The second kappa shape index (κ2) is 7.74. The summed E-state index contributed by atoms with van der Waals surface area (Å²) in [5.74, 6) is -0.116. The Morgan fingerprint density at radius 3 is 2.81 bits per heavy atom. The van der Waals surface area contributed by atoms with E-state index < -0.39 is 0 Å². The Hall–Kier alpha value is -2.31. The fourth-order valence-corrected chi connectivity index (χ4v) is 3.86. The van der Waals surface area contributed by atoms with E-state index in [0.717, 1.165) is 12.0 Å². The lowest BCUT2D eigenvalue weighted by Gasteiger charge is -2.50. The van der Waals surface area contributed by atoms with Crippen LogP contribution in [0.2, 0.25) is 0 Å². The van der Waals surface area contributed by atoms with E-state index in [4.69, 9.17) is 9.47 Å². The highest BCUT2D eigenvalue weighted by molar-refractivity contribution is 5.80. The number of pyridine rings is 1. The molecule has 0 N–H and O–H groups in total. The molecule has 142 valence electrons. The van der Waals surface area contributed by atoms with Crippen molar-refractivity contribution in [1.29, 1.82) is 0 Å². The van der Waals surface area contributed by atoms with E-state index in [9.17, 15) is 9.18 Å². The van der Waals surface area contributed by atoms with Crippen LogP contribution in [0.5, 0.6) is 0 Å². The highest BCUT2D eigenvalue weighted by Gasteiger charge is 2.54. The first-order valence-corrected chi connectivity index (χ1v) is 9.28. The third-order valence-electron chi connectivity index (χ3n) is 5.51. The number of carbonyl (C=O) groups excluding carboxylic acids is 1. The van der Waals surface area contributed by atoms with Crippen LogP contribution in [0.4, 0.5) is 4.39 Å². The molecule has 0 bridgehead atoms. The van der Waals surface area contributed by atoms with Crippen LogP contribution in [0.25, 0.3) is 0 Å². The molecule has 0 saturated carbocycles. The molecule has 2 aromatic rings. The summed E-state index contributed by atoms with van der Waals surface area (Å²) in [4.78, 5) is 18.2. The molecule has 1 aromatic carbocycles. The Bertz CT molecular complexity index is 793. The Kier molecular flexibility index (Phi) is 5.18. The quantitative estimate of drug-likeness (QED) is 0.784. The van der Waals surface area contributed by atoms with Crippen molar-refractivity contribution in [3.8, 4) is 0 Å². The number of hydrogen-bond donors (Lipinski definition) is 0. The number of nitrogens with zero attached hydrogens (tertiary/aromatic N) is 2. The predicted molar refractivity (Wildman–Crippen MR) is 97.4 cm³/mol. The first-order chi connectivity index (χ1) is 13.2. The lowest BCUT2D eigenvalue weighted by atomic mass is 9.81. The average Bonchev–Trinajstić information content (AvgIpc) is 3.07. The molecular formula is C21H23FN2O3. The van der Waals surface area contributed by atoms with Crippen molar-refractivity contribution >= 4 is 5.91 Å².